The molecule has 0 aromatic carbocycles. The summed E-state index contributed by atoms with van der Waals surface area (Å²) in [6.45, 7) is 3.97. The van der Waals surface area contributed by atoms with Gasteiger partial charge >= 0.3 is 12.0 Å². The Morgan fingerprint density at radius 3 is 2.35 bits per heavy atom. The fraction of sp³-hybridized carbons (Fsp3) is 0.750. The Morgan fingerprint density at radius 1 is 1.25 bits per heavy atom. The van der Waals surface area contributed by atoms with Crippen molar-refractivity contribution >= 4 is 17.9 Å². The third kappa shape index (κ3) is 4.69. The molecule has 3 amide bonds. The lowest BCUT2D eigenvalue weighted by Crippen LogP contribution is -2.60. The number of hydrogen-bond acceptors (Lipinski definition) is 4. The van der Waals surface area contributed by atoms with Crippen molar-refractivity contribution in [2.45, 2.75) is 38.3 Å². The lowest BCUT2D eigenvalue weighted by Gasteiger charge is -2.33. The first kappa shape index (κ1) is 16.2. The molecule has 8 nitrogen and oxygen atoms in total. The SMILES string of the molecule is CC(C)NC(=O)CNC(=O)NC1(C(=O)O)CCOCC1. The number of urea groups is 1. The molecule has 1 rings (SSSR count). The maximum absolute atomic E-state index is 11.7. The van der Waals surface area contributed by atoms with Gasteiger partial charge in [0.05, 0.1) is 6.54 Å². The molecule has 114 valence electrons. The van der Waals surface area contributed by atoms with Crippen molar-refractivity contribution in [2.75, 3.05) is 19.8 Å². The summed E-state index contributed by atoms with van der Waals surface area (Å²) in [5.41, 5.74) is -1.32. The number of carboxylic acids is 1. The molecule has 4 N–H and O–H groups in total. The van der Waals surface area contributed by atoms with Gasteiger partial charge in [0.1, 0.15) is 5.54 Å². The van der Waals surface area contributed by atoms with Gasteiger partial charge in [0.25, 0.3) is 0 Å². The summed E-state index contributed by atoms with van der Waals surface area (Å²) in [4.78, 5) is 34.4. The fourth-order valence-corrected chi connectivity index (χ4v) is 1.91. The number of rotatable bonds is 5. The highest BCUT2D eigenvalue weighted by Gasteiger charge is 2.41. The molecular formula is C12H21N3O5. The van der Waals surface area contributed by atoms with Crippen LogP contribution in [0.4, 0.5) is 4.79 Å². The van der Waals surface area contributed by atoms with Gasteiger partial charge in [-0.25, -0.2) is 9.59 Å². The molecule has 1 saturated heterocycles. The lowest BCUT2D eigenvalue weighted by atomic mass is 9.90. The molecule has 0 atom stereocenters. The highest BCUT2D eigenvalue weighted by atomic mass is 16.5. The highest BCUT2D eigenvalue weighted by Crippen LogP contribution is 2.20. The van der Waals surface area contributed by atoms with E-state index in [-0.39, 0.29) is 44.5 Å². The van der Waals surface area contributed by atoms with Gasteiger partial charge in [-0.2, -0.15) is 0 Å². The van der Waals surface area contributed by atoms with E-state index in [1.165, 1.54) is 0 Å². The second-order valence-electron chi connectivity index (χ2n) is 5.03. The summed E-state index contributed by atoms with van der Waals surface area (Å²) in [6, 6.07) is -0.693. The molecule has 1 heterocycles. The average Bonchev–Trinajstić information content (AvgIpc) is 2.36. The van der Waals surface area contributed by atoms with Crippen LogP contribution in [0.3, 0.4) is 0 Å². The van der Waals surface area contributed by atoms with E-state index >= 15 is 0 Å². The predicted octanol–water partition coefficient (Wildman–Crippen LogP) is -0.556. The van der Waals surface area contributed by atoms with Gasteiger partial charge in [0.15, 0.2) is 0 Å². The van der Waals surface area contributed by atoms with Gasteiger partial charge in [0.2, 0.25) is 5.91 Å². The summed E-state index contributed by atoms with van der Waals surface area (Å²) in [7, 11) is 0. The third-order valence-electron chi connectivity index (χ3n) is 2.97. The van der Waals surface area contributed by atoms with Crippen molar-refractivity contribution in [1.82, 2.24) is 16.0 Å². The van der Waals surface area contributed by atoms with Gasteiger partial charge in [-0.1, -0.05) is 0 Å². The van der Waals surface area contributed by atoms with Crippen molar-refractivity contribution in [3.8, 4) is 0 Å². The molecule has 0 aromatic heterocycles. The highest BCUT2D eigenvalue weighted by molar-refractivity contribution is 5.88. The molecule has 1 fully saturated rings. The van der Waals surface area contributed by atoms with E-state index in [2.05, 4.69) is 16.0 Å². The van der Waals surface area contributed by atoms with Crippen LogP contribution in [0.1, 0.15) is 26.7 Å². The van der Waals surface area contributed by atoms with Crippen LogP contribution in [0.25, 0.3) is 0 Å². The maximum atomic E-state index is 11.7. The van der Waals surface area contributed by atoms with E-state index < -0.39 is 17.5 Å². The van der Waals surface area contributed by atoms with E-state index in [0.29, 0.717) is 0 Å². The molecular weight excluding hydrogens is 266 g/mol. The largest absolute Gasteiger partial charge is 0.480 e. The van der Waals surface area contributed by atoms with Crippen molar-refractivity contribution in [1.29, 1.82) is 0 Å². The molecule has 1 aliphatic heterocycles. The van der Waals surface area contributed by atoms with Gasteiger partial charge in [-0.05, 0) is 13.8 Å². The van der Waals surface area contributed by atoms with Crippen LogP contribution in [0.15, 0.2) is 0 Å². The number of ether oxygens (including phenoxy) is 1. The molecule has 0 unspecified atom stereocenters. The van der Waals surface area contributed by atoms with Gasteiger partial charge < -0.3 is 25.8 Å². The third-order valence-corrected chi connectivity index (χ3v) is 2.97. The van der Waals surface area contributed by atoms with E-state index in [4.69, 9.17) is 4.74 Å². The Balaban J connectivity index is 2.47. The molecule has 0 aliphatic carbocycles. The molecule has 8 heteroatoms. The van der Waals surface area contributed by atoms with Crippen LogP contribution in [-0.4, -0.2) is 54.4 Å². The zero-order valence-electron chi connectivity index (χ0n) is 11.7. The molecule has 0 radical (unpaired) electrons. The molecule has 20 heavy (non-hydrogen) atoms. The average molecular weight is 287 g/mol. The Morgan fingerprint density at radius 2 is 1.85 bits per heavy atom. The Hall–Kier alpha value is -1.83. The maximum Gasteiger partial charge on any atom is 0.329 e. The number of aliphatic carboxylic acids is 1. The summed E-state index contributed by atoms with van der Waals surface area (Å²) in [5, 5.41) is 16.7. The smallest absolute Gasteiger partial charge is 0.329 e. The van der Waals surface area contributed by atoms with Crippen LogP contribution >= 0.6 is 0 Å². The van der Waals surface area contributed by atoms with E-state index in [1.807, 2.05) is 0 Å². The standard InChI is InChI=1S/C12H21N3O5/c1-8(2)14-9(16)7-13-11(19)15-12(10(17)18)3-5-20-6-4-12/h8H,3-7H2,1-2H3,(H,14,16)(H,17,18)(H2,13,15,19). The lowest BCUT2D eigenvalue weighted by molar-refractivity contribution is -0.148. The van der Waals surface area contributed by atoms with Crippen molar-refractivity contribution < 1.29 is 24.2 Å². The Bertz CT molecular complexity index is 377. The minimum atomic E-state index is -1.32. The van der Waals surface area contributed by atoms with Crippen LogP contribution in [0.5, 0.6) is 0 Å². The number of carbonyl (C=O) groups excluding carboxylic acids is 2. The normalized spacial score (nSPS) is 17.4. The van der Waals surface area contributed by atoms with Gasteiger partial charge in [0, 0.05) is 32.1 Å². The number of amides is 3. The second-order valence-corrected chi connectivity index (χ2v) is 5.03. The van der Waals surface area contributed by atoms with Crippen LogP contribution in [-0.2, 0) is 14.3 Å². The molecule has 0 saturated carbocycles. The minimum Gasteiger partial charge on any atom is -0.480 e. The first-order valence-electron chi connectivity index (χ1n) is 6.52. The fourth-order valence-electron chi connectivity index (χ4n) is 1.91. The summed E-state index contributed by atoms with van der Waals surface area (Å²) < 4.78 is 5.10. The van der Waals surface area contributed by atoms with E-state index in [1.54, 1.807) is 13.8 Å². The van der Waals surface area contributed by atoms with Crippen molar-refractivity contribution in [3.63, 3.8) is 0 Å². The van der Waals surface area contributed by atoms with Crippen molar-refractivity contribution in [2.24, 2.45) is 0 Å². The molecule has 0 aromatic rings. The van der Waals surface area contributed by atoms with Gasteiger partial charge in [-0.3, -0.25) is 4.79 Å². The van der Waals surface area contributed by atoms with Gasteiger partial charge in [-0.15, -0.1) is 0 Å². The summed E-state index contributed by atoms with van der Waals surface area (Å²) in [6.07, 6.45) is 0.405. The van der Waals surface area contributed by atoms with Crippen LogP contribution in [0, 0.1) is 0 Å². The second kappa shape index (κ2) is 7.09. The van der Waals surface area contributed by atoms with E-state index in [0.717, 1.165) is 0 Å². The number of hydrogen-bond donors (Lipinski definition) is 4. The minimum absolute atomic E-state index is 0.0202. The van der Waals surface area contributed by atoms with Crippen LogP contribution < -0.4 is 16.0 Å². The first-order valence-corrected chi connectivity index (χ1v) is 6.52. The Kier molecular flexibility index (Phi) is 5.75. The van der Waals surface area contributed by atoms with E-state index in [9.17, 15) is 19.5 Å². The zero-order chi connectivity index (χ0) is 15.2. The van der Waals surface area contributed by atoms with Crippen LogP contribution in [0.2, 0.25) is 0 Å². The molecule has 0 bridgehead atoms. The molecule has 0 spiro atoms. The number of nitrogens with one attached hydrogen (secondary N) is 3. The topological polar surface area (TPSA) is 117 Å². The quantitative estimate of drug-likeness (QED) is 0.541. The Labute approximate surface area is 117 Å². The zero-order valence-corrected chi connectivity index (χ0v) is 11.7. The number of carbonyl (C=O) groups is 3. The first-order chi connectivity index (χ1) is 9.35. The summed E-state index contributed by atoms with van der Waals surface area (Å²) >= 11 is 0. The van der Waals surface area contributed by atoms with Crippen molar-refractivity contribution in [3.05, 3.63) is 0 Å². The monoisotopic (exact) mass is 287 g/mol. The summed E-state index contributed by atoms with van der Waals surface area (Å²) in [5.74, 6) is -1.42. The number of carboxylic acid groups (broad SMARTS) is 1. The molecule has 1 aliphatic rings. The predicted molar refractivity (Wildman–Crippen MR) is 70.2 cm³/mol.